The van der Waals surface area contributed by atoms with Crippen LogP contribution in [-0.4, -0.2) is 48.3 Å². The Labute approximate surface area is 147 Å². The maximum atomic E-state index is 12.9. The minimum absolute atomic E-state index is 0.122. The standard InChI is InChI=1S/C18H24N4O3/c1-11(8-19-2)20-9-12-4-3-5-13-10-22(18(25)16(12)13)14-6-7-15(23)21-17(14)24/h3-5,11,14,19-20H,6-10H2,1-2H3,(H,21,23,24). The van der Waals surface area contributed by atoms with Crippen LogP contribution in [0.4, 0.5) is 0 Å². The summed E-state index contributed by atoms with van der Waals surface area (Å²) in [7, 11) is 1.90. The summed E-state index contributed by atoms with van der Waals surface area (Å²) >= 11 is 0. The van der Waals surface area contributed by atoms with Gasteiger partial charge < -0.3 is 15.5 Å². The number of benzene rings is 1. The fraction of sp³-hybridized carbons (Fsp3) is 0.500. The van der Waals surface area contributed by atoms with E-state index in [1.165, 1.54) is 0 Å². The zero-order valence-electron chi connectivity index (χ0n) is 14.6. The quantitative estimate of drug-likeness (QED) is 0.639. The number of nitrogens with zero attached hydrogens (tertiary/aromatic N) is 1. The minimum atomic E-state index is -0.568. The SMILES string of the molecule is CNCC(C)NCc1cccc2c1C(=O)N(C1CCC(=O)NC1=O)C2. The topological polar surface area (TPSA) is 90.5 Å². The minimum Gasteiger partial charge on any atom is -0.322 e. The first-order valence-electron chi connectivity index (χ1n) is 8.64. The smallest absolute Gasteiger partial charge is 0.255 e. The van der Waals surface area contributed by atoms with Gasteiger partial charge in [-0.15, -0.1) is 0 Å². The summed E-state index contributed by atoms with van der Waals surface area (Å²) in [6.07, 6.45) is 0.656. The first-order chi connectivity index (χ1) is 12.0. The van der Waals surface area contributed by atoms with Crippen LogP contribution in [0.5, 0.6) is 0 Å². The van der Waals surface area contributed by atoms with Crippen molar-refractivity contribution < 1.29 is 14.4 Å². The Hall–Kier alpha value is -2.25. The van der Waals surface area contributed by atoms with E-state index in [1.54, 1.807) is 4.90 Å². The monoisotopic (exact) mass is 344 g/mol. The molecule has 0 saturated carbocycles. The van der Waals surface area contributed by atoms with Crippen molar-refractivity contribution in [3.63, 3.8) is 0 Å². The molecule has 2 heterocycles. The van der Waals surface area contributed by atoms with Crippen molar-refractivity contribution in [2.75, 3.05) is 13.6 Å². The average Bonchev–Trinajstić information content (AvgIpc) is 2.91. The van der Waals surface area contributed by atoms with Gasteiger partial charge in [0, 0.05) is 37.7 Å². The van der Waals surface area contributed by atoms with Crippen LogP contribution in [0.25, 0.3) is 0 Å². The van der Waals surface area contributed by atoms with E-state index in [1.807, 2.05) is 25.2 Å². The molecule has 7 heteroatoms. The third-order valence-corrected chi connectivity index (χ3v) is 4.79. The van der Waals surface area contributed by atoms with Gasteiger partial charge >= 0.3 is 0 Å². The zero-order valence-corrected chi connectivity index (χ0v) is 14.6. The Balaban J connectivity index is 1.76. The number of hydrogen-bond donors (Lipinski definition) is 3. The molecular formula is C18H24N4O3. The van der Waals surface area contributed by atoms with E-state index in [9.17, 15) is 14.4 Å². The van der Waals surface area contributed by atoms with Gasteiger partial charge in [-0.3, -0.25) is 19.7 Å². The van der Waals surface area contributed by atoms with Crippen molar-refractivity contribution in [3.05, 3.63) is 34.9 Å². The molecule has 0 aromatic heterocycles. The predicted octanol–water partition coefficient (Wildman–Crippen LogP) is 0.145. The molecule has 0 aliphatic carbocycles. The molecule has 3 amide bonds. The van der Waals surface area contributed by atoms with E-state index in [4.69, 9.17) is 0 Å². The second kappa shape index (κ2) is 7.33. The van der Waals surface area contributed by atoms with Crippen molar-refractivity contribution in [1.29, 1.82) is 0 Å². The number of imide groups is 1. The molecule has 2 aliphatic rings. The number of fused-ring (bicyclic) bond motifs is 1. The Kier molecular flexibility index (Phi) is 5.15. The molecule has 1 aromatic rings. The number of piperidine rings is 1. The van der Waals surface area contributed by atoms with Gasteiger partial charge in [0.25, 0.3) is 5.91 Å². The van der Waals surface area contributed by atoms with Gasteiger partial charge in [0.15, 0.2) is 0 Å². The van der Waals surface area contributed by atoms with Crippen LogP contribution in [0.1, 0.15) is 41.3 Å². The highest BCUT2D eigenvalue weighted by Crippen LogP contribution is 2.29. The van der Waals surface area contributed by atoms with Crippen molar-refractivity contribution in [2.45, 2.75) is 44.9 Å². The number of likely N-dealkylation sites (N-methyl/N-ethyl adjacent to an activating group) is 1. The van der Waals surface area contributed by atoms with E-state index in [-0.39, 0.29) is 30.2 Å². The van der Waals surface area contributed by atoms with Crippen LogP contribution in [0.3, 0.4) is 0 Å². The fourth-order valence-corrected chi connectivity index (χ4v) is 3.50. The van der Waals surface area contributed by atoms with Gasteiger partial charge in [-0.2, -0.15) is 0 Å². The summed E-state index contributed by atoms with van der Waals surface area (Å²) in [5.41, 5.74) is 2.58. The Bertz CT molecular complexity index is 704. The summed E-state index contributed by atoms with van der Waals surface area (Å²) in [4.78, 5) is 38.0. The maximum absolute atomic E-state index is 12.9. The molecule has 134 valence electrons. The van der Waals surface area contributed by atoms with Crippen LogP contribution in [0.2, 0.25) is 0 Å². The van der Waals surface area contributed by atoms with Crippen LogP contribution >= 0.6 is 0 Å². The maximum Gasteiger partial charge on any atom is 0.255 e. The lowest BCUT2D eigenvalue weighted by Gasteiger charge is -2.29. The molecule has 0 bridgehead atoms. The number of nitrogens with one attached hydrogen (secondary N) is 3. The third kappa shape index (κ3) is 3.57. The van der Waals surface area contributed by atoms with E-state index in [0.29, 0.717) is 25.1 Å². The summed E-state index contributed by atoms with van der Waals surface area (Å²) in [6, 6.07) is 5.54. The van der Waals surface area contributed by atoms with Gasteiger partial charge in [0.2, 0.25) is 11.8 Å². The van der Waals surface area contributed by atoms with E-state index < -0.39 is 6.04 Å². The van der Waals surface area contributed by atoms with Crippen LogP contribution in [0.15, 0.2) is 18.2 Å². The highest BCUT2D eigenvalue weighted by Gasteiger charge is 2.39. The van der Waals surface area contributed by atoms with Crippen molar-refractivity contribution >= 4 is 17.7 Å². The highest BCUT2D eigenvalue weighted by atomic mass is 16.2. The molecule has 1 saturated heterocycles. The number of carbonyl (C=O) groups is 3. The van der Waals surface area contributed by atoms with Crippen LogP contribution < -0.4 is 16.0 Å². The third-order valence-electron chi connectivity index (χ3n) is 4.79. The lowest BCUT2D eigenvalue weighted by molar-refractivity contribution is -0.136. The molecule has 2 atom stereocenters. The molecule has 1 aromatic carbocycles. The number of hydrogen-bond acceptors (Lipinski definition) is 5. The Morgan fingerprint density at radius 1 is 1.32 bits per heavy atom. The van der Waals surface area contributed by atoms with Gasteiger partial charge in [0.05, 0.1) is 0 Å². The zero-order chi connectivity index (χ0) is 18.0. The van der Waals surface area contributed by atoms with Crippen molar-refractivity contribution in [2.24, 2.45) is 0 Å². The van der Waals surface area contributed by atoms with Gasteiger partial charge in [0.1, 0.15) is 6.04 Å². The molecule has 0 radical (unpaired) electrons. The summed E-state index contributed by atoms with van der Waals surface area (Å²) < 4.78 is 0. The molecule has 0 spiro atoms. The molecular weight excluding hydrogens is 320 g/mol. The van der Waals surface area contributed by atoms with Crippen LogP contribution in [0, 0.1) is 0 Å². The average molecular weight is 344 g/mol. The summed E-state index contributed by atoms with van der Waals surface area (Å²) in [5.74, 6) is -0.767. The molecule has 3 rings (SSSR count). The van der Waals surface area contributed by atoms with Crippen LogP contribution in [-0.2, 0) is 22.7 Å². The number of carbonyl (C=O) groups excluding carboxylic acids is 3. The lowest BCUT2D eigenvalue weighted by atomic mass is 10.0. The second-order valence-corrected chi connectivity index (χ2v) is 6.69. The van der Waals surface area contributed by atoms with Gasteiger partial charge in [-0.25, -0.2) is 0 Å². The molecule has 3 N–H and O–H groups in total. The highest BCUT2D eigenvalue weighted by molar-refractivity contribution is 6.05. The fourth-order valence-electron chi connectivity index (χ4n) is 3.50. The lowest BCUT2D eigenvalue weighted by Crippen LogP contribution is -2.52. The van der Waals surface area contributed by atoms with Gasteiger partial charge in [-0.05, 0) is 31.5 Å². The normalized spacial score (nSPS) is 21.3. The molecule has 1 fully saturated rings. The number of rotatable bonds is 6. The molecule has 2 unspecified atom stereocenters. The molecule has 25 heavy (non-hydrogen) atoms. The van der Waals surface area contributed by atoms with E-state index in [0.717, 1.165) is 17.7 Å². The number of amides is 3. The van der Waals surface area contributed by atoms with Crippen molar-refractivity contribution in [1.82, 2.24) is 20.9 Å². The molecule has 7 nitrogen and oxygen atoms in total. The summed E-state index contributed by atoms with van der Waals surface area (Å²) in [5, 5.41) is 8.85. The second-order valence-electron chi connectivity index (χ2n) is 6.69. The Morgan fingerprint density at radius 2 is 2.12 bits per heavy atom. The Morgan fingerprint density at radius 3 is 2.84 bits per heavy atom. The first kappa shape index (κ1) is 17.6. The largest absolute Gasteiger partial charge is 0.322 e. The van der Waals surface area contributed by atoms with E-state index in [2.05, 4.69) is 22.9 Å². The molecule has 2 aliphatic heterocycles. The van der Waals surface area contributed by atoms with Gasteiger partial charge in [-0.1, -0.05) is 18.2 Å². The van der Waals surface area contributed by atoms with E-state index >= 15 is 0 Å². The van der Waals surface area contributed by atoms with Crippen molar-refractivity contribution in [3.8, 4) is 0 Å². The first-order valence-corrected chi connectivity index (χ1v) is 8.64. The predicted molar refractivity (Wildman–Crippen MR) is 92.7 cm³/mol. The summed E-state index contributed by atoms with van der Waals surface area (Å²) in [6.45, 7) is 3.93.